The summed E-state index contributed by atoms with van der Waals surface area (Å²) in [5.41, 5.74) is 1.69. The largest absolute Gasteiger partial charge is 0.419 e. The average Bonchev–Trinajstić information content (AvgIpc) is 3.21. The lowest BCUT2D eigenvalue weighted by Gasteiger charge is -2.34. The van der Waals surface area contributed by atoms with Gasteiger partial charge in [-0.25, -0.2) is 8.42 Å². The van der Waals surface area contributed by atoms with Crippen molar-refractivity contribution >= 4 is 21.6 Å². The van der Waals surface area contributed by atoms with Gasteiger partial charge in [0.1, 0.15) is 0 Å². The topological polar surface area (TPSA) is 83.7 Å². The van der Waals surface area contributed by atoms with Crippen LogP contribution in [0.5, 0.6) is 0 Å². The molecule has 0 radical (unpaired) electrons. The molecular weight excluding hydrogens is 402 g/mol. The molecule has 3 aromatic rings. The van der Waals surface area contributed by atoms with Gasteiger partial charge >= 0.3 is 0 Å². The minimum Gasteiger partial charge on any atom is -0.419 e. The third kappa shape index (κ3) is 3.70. The minimum absolute atomic E-state index is 0.00458. The molecule has 1 saturated heterocycles. The van der Waals surface area contributed by atoms with Gasteiger partial charge in [-0.15, -0.1) is 0 Å². The summed E-state index contributed by atoms with van der Waals surface area (Å²) in [6.45, 7) is 5.40. The summed E-state index contributed by atoms with van der Waals surface area (Å²) in [6, 6.07) is 15.8. The van der Waals surface area contributed by atoms with E-state index >= 15 is 0 Å². The normalized spacial score (nSPS) is 14.7. The molecule has 2 heterocycles. The Morgan fingerprint density at radius 2 is 1.60 bits per heavy atom. The number of anilines is 1. The maximum absolute atomic E-state index is 13.4. The van der Waals surface area contributed by atoms with Crippen LogP contribution in [0.3, 0.4) is 0 Å². The Balaban J connectivity index is 1.80. The highest BCUT2D eigenvalue weighted by Crippen LogP contribution is 2.35. The first-order valence-electron chi connectivity index (χ1n) is 9.75. The molecule has 2 aromatic carbocycles. The number of rotatable bonds is 4. The molecule has 0 spiro atoms. The molecule has 1 aromatic heterocycles. The predicted molar refractivity (Wildman–Crippen MR) is 113 cm³/mol. The van der Waals surface area contributed by atoms with Crippen LogP contribution < -0.4 is 4.90 Å². The molecule has 0 atom stereocenters. The molecule has 0 N–H and O–H groups in total. The molecule has 1 aliphatic rings. The molecule has 1 amide bonds. The highest BCUT2D eigenvalue weighted by molar-refractivity contribution is 7.91. The summed E-state index contributed by atoms with van der Waals surface area (Å²) in [5, 5.41) is -0.0942. The lowest BCUT2D eigenvalue weighted by atomic mass is 10.1. The second-order valence-corrected chi connectivity index (χ2v) is 9.12. The summed E-state index contributed by atoms with van der Waals surface area (Å²) in [4.78, 5) is 19.9. The van der Waals surface area contributed by atoms with Gasteiger partial charge in [0.15, 0.2) is 0 Å². The van der Waals surface area contributed by atoms with E-state index in [1.54, 1.807) is 35.2 Å². The molecule has 0 aliphatic carbocycles. The van der Waals surface area contributed by atoms with E-state index in [2.05, 4.69) is 4.98 Å². The molecule has 8 heteroatoms. The zero-order valence-corrected chi connectivity index (χ0v) is 17.7. The van der Waals surface area contributed by atoms with E-state index in [1.165, 1.54) is 6.92 Å². The summed E-state index contributed by atoms with van der Waals surface area (Å²) < 4.78 is 32.8. The van der Waals surface area contributed by atoms with Crippen LogP contribution in [0, 0.1) is 6.92 Å². The summed E-state index contributed by atoms with van der Waals surface area (Å²) in [7, 11) is -3.88. The number of amides is 1. The van der Waals surface area contributed by atoms with E-state index in [0.717, 1.165) is 11.1 Å². The third-order valence-electron chi connectivity index (χ3n) is 5.28. The Kier molecular flexibility index (Phi) is 5.34. The Morgan fingerprint density at radius 1 is 0.967 bits per heavy atom. The first kappa shape index (κ1) is 20.2. The molecular formula is C22H23N3O4S. The van der Waals surface area contributed by atoms with E-state index in [9.17, 15) is 13.2 Å². The lowest BCUT2D eigenvalue weighted by Crippen LogP contribution is -2.48. The van der Waals surface area contributed by atoms with Gasteiger partial charge in [-0.1, -0.05) is 36.4 Å². The van der Waals surface area contributed by atoms with Crippen molar-refractivity contribution in [3.05, 3.63) is 60.2 Å². The fourth-order valence-corrected chi connectivity index (χ4v) is 4.88. The van der Waals surface area contributed by atoms with Gasteiger partial charge in [-0.2, -0.15) is 4.98 Å². The quantitative estimate of drug-likeness (QED) is 0.639. The van der Waals surface area contributed by atoms with Crippen LogP contribution in [-0.2, 0) is 14.6 Å². The average molecular weight is 426 g/mol. The standard InChI is InChI=1S/C22H23N3O4S/c1-16-8-6-7-11-19(16)20-23-21(30(27,28)18-9-4-3-5-10-18)22(29-20)25-14-12-24(13-15-25)17(2)26/h3-11H,12-15H2,1-2H3. The van der Waals surface area contributed by atoms with Crippen molar-refractivity contribution in [2.24, 2.45) is 0 Å². The zero-order valence-electron chi connectivity index (χ0n) is 16.9. The highest BCUT2D eigenvalue weighted by atomic mass is 32.2. The first-order chi connectivity index (χ1) is 14.4. The van der Waals surface area contributed by atoms with Gasteiger partial charge in [0.05, 0.1) is 4.90 Å². The molecule has 1 aliphatic heterocycles. The SMILES string of the molecule is CC(=O)N1CCN(c2oc(-c3ccccc3C)nc2S(=O)(=O)c2ccccc2)CC1. The molecule has 30 heavy (non-hydrogen) atoms. The van der Waals surface area contributed by atoms with Crippen LogP contribution >= 0.6 is 0 Å². The summed E-state index contributed by atoms with van der Waals surface area (Å²) in [6.07, 6.45) is 0. The van der Waals surface area contributed by atoms with Crippen molar-refractivity contribution in [1.82, 2.24) is 9.88 Å². The molecule has 0 saturated carbocycles. The second kappa shape index (κ2) is 7.95. The van der Waals surface area contributed by atoms with E-state index in [4.69, 9.17) is 4.42 Å². The summed E-state index contributed by atoms with van der Waals surface area (Å²) >= 11 is 0. The van der Waals surface area contributed by atoms with Crippen molar-refractivity contribution in [2.45, 2.75) is 23.8 Å². The van der Waals surface area contributed by atoms with Crippen LogP contribution in [0.25, 0.3) is 11.5 Å². The number of hydrogen-bond donors (Lipinski definition) is 0. The van der Waals surface area contributed by atoms with Crippen molar-refractivity contribution < 1.29 is 17.6 Å². The third-order valence-corrected chi connectivity index (χ3v) is 6.94. The van der Waals surface area contributed by atoms with E-state index < -0.39 is 9.84 Å². The van der Waals surface area contributed by atoms with Gasteiger partial charge in [0, 0.05) is 38.7 Å². The maximum atomic E-state index is 13.4. The van der Waals surface area contributed by atoms with E-state index in [0.29, 0.717) is 26.2 Å². The number of aryl methyl sites for hydroxylation is 1. The van der Waals surface area contributed by atoms with Gasteiger partial charge in [-0.05, 0) is 30.7 Å². The van der Waals surface area contributed by atoms with Crippen molar-refractivity contribution in [3.63, 3.8) is 0 Å². The number of piperazine rings is 1. The van der Waals surface area contributed by atoms with Gasteiger partial charge in [-0.3, -0.25) is 4.79 Å². The molecule has 7 nitrogen and oxygen atoms in total. The Bertz CT molecular complexity index is 1160. The van der Waals surface area contributed by atoms with Crippen LogP contribution in [0.15, 0.2) is 68.9 Å². The van der Waals surface area contributed by atoms with Crippen LogP contribution in [-0.4, -0.2) is 50.4 Å². The number of oxazole rings is 1. The zero-order chi connectivity index (χ0) is 21.3. The van der Waals surface area contributed by atoms with Crippen molar-refractivity contribution in [3.8, 4) is 11.5 Å². The predicted octanol–water partition coefficient (Wildman–Crippen LogP) is 3.15. The van der Waals surface area contributed by atoms with Gasteiger partial charge in [0.25, 0.3) is 0 Å². The Morgan fingerprint density at radius 3 is 2.23 bits per heavy atom. The van der Waals surface area contributed by atoms with Crippen LogP contribution in [0.1, 0.15) is 12.5 Å². The lowest BCUT2D eigenvalue weighted by molar-refractivity contribution is -0.129. The maximum Gasteiger partial charge on any atom is 0.236 e. The minimum atomic E-state index is -3.88. The number of nitrogens with zero attached hydrogens (tertiary/aromatic N) is 3. The number of aromatic nitrogens is 1. The van der Waals surface area contributed by atoms with Crippen molar-refractivity contribution in [1.29, 1.82) is 0 Å². The molecule has 4 rings (SSSR count). The van der Waals surface area contributed by atoms with Crippen LogP contribution in [0.2, 0.25) is 0 Å². The van der Waals surface area contributed by atoms with Gasteiger partial charge < -0.3 is 14.2 Å². The van der Waals surface area contributed by atoms with E-state index in [1.807, 2.05) is 36.1 Å². The van der Waals surface area contributed by atoms with Crippen molar-refractivity contribution in [2.75, 3.05) is 31.1 Å². The number of carbonyl (C=O) groups is 1. The number of benzene rings is 2. The number of carbonyl (C=O) groups excluding carboxylic acids is 1. The molecule has 0 bridgehead atoms. The summed E-state index contributed by atoms with van der Waals surface area (Å²) in [5.74, 6) is 0.497. The first-order valence-corrected chi connectivity index (χ1v) is 11.2. The van der Waals surface area contributed by atoms with E-state index in [-0.39, 0.29) is 27.6 Å². The molecule has 156 valence electrons. The van der Waals surface area contributed by atoms with Crippen LogP contribution in [0.4, 0.5) is 5.88 Å². The number of sulfone groups is 1. The second-order valence-electron chi connectivity index (χ2n) is 7.25. The fraction of sp³-hybridized carbons (Fsp3) is 0.273. The Hall–Kier alpha value is -3.13. The molecule has 0 unspecified atom stereocenters. The smallest absolute Gasteiger partial charge is 0.236 e. The monoisotopic (exact) mass is 425 g/mol. The number of hydrogen-bond acceptors (Lipinski definition) is 6. The Labute approximate surface area is 175 Å². The fourth-order valence-electron chi connectivity index (χ4n) is 3.54. The highest BCUT2D eigenvalue weighted by Gasteiger charge is 2.33. The van der Waals surface area contributed by atoms with Gasteiger partial charge in [0.2, 0.25) is 32.5 Å². The molecule has 1 fully saturated rings.